The molecule has 0 unspecified atom stereocenters. The van der Waals surface area contributed by atoms with Gasteiger partial charge >= 0.3 is 0 Å². The van der Waals surface area contributed by atoms with E-state index < -0.39 is 0 Å². The van der Waals surface area contributed by atoms with Crippen LogP contribution in [0.5, 0.6) is 0 Å². The first-order valence-corrected chi connectivity index (χ1v) is 0. The van der Waals surface area contributed by atoms with Crippen LogP contribution in [0.1, 0.15) is 0 Å². The summed E-state index contributed by atoms with van der Waals surface area (Å²) in [6.07, 6.45) is 0. The average Bonchev–Trinajstić information content (AvgIpc) is 0. The molecule has 0 aromatic carbocycles. The van der Waals surface area contributed by atoms with Crippen LogP contribution in [0, 0.1) is 0 Å². The zero-order chi connectivity index (χ0) is 0. The Kier molecular flexibility index (Phi) is 26900. The van der Waals surface area contributed by atoms with Gasteiger partial charge in [-0.2, -0.15) is 0 Å². The summed E-state index contributed by atoms with van der Waals surface area (Å²) in [5.74, 6) is 0. The van der Waals surface area contributed by atoms with Gasteiger partial charge in [0.15, 0.2) is 0 Å². The van der Waals surface area contributed by atoms with E-state index in [0.717, 1.165) is 0 Å². The molecule has 0 bridgehead atoms. The number of hydrogen-bond donors (Lipinski definition) is 0. The van der Waals surface area contributed by atoms with Crippen LogP contribution in [0.4, 0.5) is 0 Å². The third kappa shape index (κ3) is 322. The van der Waals surface area contributed by atoms with Gasteiger partial charge in [-0.05, 0) is 0 Å². The van der Waals surface area contributed by atoms with Crippen LogP contribution in [-0.4, -0.2) is 32.9 Å². The molecule has 0 radical (unpaired) electrons. The minimum atomic E-state index is 0. The quantitative estimate of drug-likeness (QED) is 0.414. The number of halogens is 2. The van der Waals surface area contributed by atoms with Crippen molar-refractivity contribution in [2.24, 2.45) is 0 Å². The van der Waals surface area contributed by atoms with E-state index in [0.29, 0.717) is 0 Å². The molecule has 0 rings (SSSR count). The first-order chi connectivity index (χ1) is 0. The van der Waals surface area contributed by atoms with Crippen LogP contribution in [0.2, 0.25) is 0 Å². The molecule has 9 heteroatoms. The minimum absolute atomic E-state index is 0. The third-order valence-electron chi connectivity index (χ3n) is 0. The summed E-state index contributed by atoms with van der Waals surface area (Å²) in [5, 5.41) is 0. The van der Waals surface area contributed by atoms with E-state index in [-0.39, 0.29) is 83.9 Å². The van der Waals surface area contributed by atoms with E-state index >= 15 is 0 Å². The van der Waals surface area contributed by atoms with Crippen LogP contribution < -0.4 is 0 Å². The van der Waals surface area contributed by atoms with E-state index in [1.165, 1.54) is 0 Å². The van der Waals surface area contributed by atoms with Gasteiger partial charge < -0.3 is 32.9 Å². The summed E-state index contributed by atoms with van der Waals surface area (Å²) in [6.45, 7) is 0. The van der Waals surface area contributed by atoms with Gasteiger partial charge in [0, 0.05) is 26.2 Å². The summed E-state index contributed by atoms with van der Waals surface area (Å²) >= 11 is 0. The van der Waals surface area contributed by atoms with Crippen molar-refractivity contribution < 1.29 is 59.1 Å². The predicted octanol–water partition coefficient (Wildman–Crippen LogP) is -4.11. The van der Waals surface area contributed by atoms with E-state index in [4.69, 9.17) is 0 Å². The van der Waals surface area contributed by atoms with E-state index in [1.54, 1.807) is 0 Å². The fourth-order valence-electron chi connectivity index (χ4n) is 0. The number of hydrogen-bond acceptors (Lipinski definition) is 0. The van der Waals surface area contributed by atoms with Crippen LogP contribution in [0.3, 0.4) is 0 Å². The van der Waals surface area contributed by atoms with Gasteiger partial charge in [-0.15, -0.1) is 24.8 Å². The van der Waals surface area contributed by atoms with Crippen LogP contribution in [0.25, 0.3) is 0 Å². The Bertz CT molecular complexity index is 11.0. The molecule has 12 N–H and O–H groups in total. The molecule has 0 saturated heterocycles. The van der Waals surface area contributed by atoms with Crippen LogP contribution in [-0.2, 0) is 26.2 Å². The van der Waals surface area contributed by atoms with Gasteiger partial charge in [0.05, 0.1) is 0 Å². The molecule has 0 atom stereocenters. The first-order valence-electron chi connectivity index (χ1n) is 0. The van der Waals surface area contributed by atoms with Crippen molar-refractivity contribution in [3.05, 3.63) is 0 Å². The van der Waals surface area contributed by atoms with Gasteiger partial charge in [-0.3, -0.25) is 0 Å². The summed E-state index contributed by atoms with van der Waals surface area (Å²) < 4.78 is 0. The van der Waals surface area contributed by atoms with Crippen LogP contribution >= 0.6 is 24.8 Å². The maximum Gasteiger partial charge on any atom is 0 e. The Labute approximate surface area is 83.8 Å². The zero-order valence-electron chi connectivity index (χ0n) is 4.32. The molecule has 0 spiro atoms. The standard InChI is InChI=1S/2ClH.6H2O.Zr/h2*1H;6*1H2;. The molecular formula is H14Cl2O6Zr. The van der Waals surface area contributed by atoms with E-state index in [9.17, 15) is 0 Å². The normalized spacial score (nSPS) is 0. The molecule has 68 valence electrons. The zero-order valence-corrected chi connectivity index (χ0v) is 8.41. The maximum absolute atomic E-state index is 0. The van der Waals surface area contributed by atoms with Crippen molar-refractivity contribution in [3.63, 3.8) is 0 Å². The molecule has 0 aromatic heterocycles. The summed E-state index contributed by atoms with van der Waals surface area (Å²) in [4.78, 5) is 0. The van der Waals surface area contributed by atoms with Crippen molar-refractivity contribution in [3.8, 4) is 0 Å². The second kappa shape index (κ2) is 417. The molecule has 0 saturated carbocycles. The van der Waals surface area contributed by atoms with Gasteiger partial charge in [-0.25, -0.2) is 0 Å². The van der Waals surface area contributed by atoms with Crippen LogP contribution in [0.15, 0.2) is 0 Å². The molecule has 6 nitrogen and oxygen atoms in total. The topological polar surface area (TPSA) is 189 Å². The van der Waals surface area contributed by atoms with Crippen molar-refractivity contribution in [1.82, 2.24) is 0 Å². The summed E-state index contributed by atoms with van der Waals surface area (Å²) in [6, 6.07) is 0. The Morgan fingerprint density at radius 2 is 0.333 bits per heavy atom. The van der Waals surface area contributed by atoms with Crippen molar-refractivity contribution in [1.29, 1.82) is 0 Å². The summed E-state index contributed by atoms with van der Waals surface area (Å²) in [7, 11) is 0. The second-order valence-electron chi connectivity index (χ2n) is 0. The fraction of sp³-hybridized carbons (Fsp3) is 0. The molecule has 9 heavy (non-hydrogen) atoms. The van der Waals surface area contributed by atoms with Crippen molar-refractivity contribution in [2.45, 2.75) is 0 Å². The Morgan fingerprint density at radius 1 is 0.333 bits per heavy atom. The molecular weight excluding hydrogens is 258 g/mol. The average molecular weight is 272 g/mol. The molecule has 0 amide bonds. The van der Waals surface area contributed by atoms with E-state index in [2.05, 4.69) is 0 Å². The molecule has 0 aromatic rings. The van der Waals surface area contributed by atoms with E-state index in [1.807, 2.05) is 0 Å². The molecule has 0 fully saturated rings. The van der Waals surface area contributed by atoms with Gasteiger partial charge in [0.1, 0.15) is 0 Å². The Morgan fingerprint density at radius 3 is 0.333 bits per heavy atom. The third-order valence-corrected chi connectivity index (χ3v) is 0. The van der Waals surface area contributed by atoms with Crippen molar-refractivity contribution >= 4 is 24.8 Å². The van der Waals surface area contributed by atoms with Crippen molar-refractivity contribution in [2.75, 3.05) is 0 Å². The Hall–Kier alpha value is 1.22. The summed E-state index contributed by atoms with van der Waals surface area (Å²) in [5.41, 5.74) is 0. The Balaban J connectivity index is 0. The smallest absolute Gasteiger partial charge is 0 e. The SMILES string of the molecule is Cl.Cl.O.O.O.O.O.O.[Zr]. The largest absolute Gasteiger partial charge is 0.412 e. The fourth-order valence-corrected chi connectivity index (χ4v) is 0. The molecule has 0 aliphatic carbocycles. The molecule has 0 aliphatic rings. The van der Waals surface area contributed by atoms with Gasteiger partial charge in [0.2, 0.25) is 0 Å². The predicted molar refractivity (Wildman–Crippen MR) is 36.2 cm³/mol. The molecule has 0 heterocycles. The number of rotatable bonds is 0. The second-order valence-corrected chi connectivity index (χ2v) is 0. The van der Waals surface area contributed by atoms with Gasteiger partial charge in [-0.1, -0.05) is 0 Å². The van der Waals surface area contributed by atoms with Gasteiger partial charge in [0.25, 0.3) is 0 Å². The first kappa shape index (κ1) is 581. The molecule has 0 aliphatic heterocycles. The maximum atomic E-state index is 0. The minimum Gasteiger partial charge on any atom is -0.412 e. The monoisotopic (exact) mass is 270 g/mol.